The highest BCUT2D eigenvalue weighted by atomic mass is 16.3. The van der Waals surface area contributed by atoms with E-state index in [9.17, 15) is 5.11 Å². The molecule has 2 heterocycles. The Hall–Kier alpha value is -2.43. The number of piperazine rings is 1. The number of likely N-dealkylation sites (N-methyl/N-ethyl adjacent to an activating group) is 1. The number of hydrogen-bond acceptors (Lipinski definition) is 4. The Balaban J connectivity index is 1.64. The van der Waals surface area contributed by atoms with E-state index >= 15 is 0 Å². The first-order valence-corrected chi connectivity index (χ1v) is 9.19. The Morgan fingerprint density at radius 3 is 2.38 bits per heavy atom. The molecule has 4 heteroatoms. The van der Waals surface area contributed by atoms with Crippen LogP contribution >= 0.6 is 0 Å². The maximum Gasteiger partial charge on any atom is 0.0715 e. The molecular weight excluding hydrogens is 322 g/mol. The molecule has 1 aliphatic rings. The minimum absolute atomic E-state index is 0.0423. The zero-order chi connectivity index (χ0) is 18.1. The van der Waals surface area contributed by atoms with E-state index in [1.54, 1.807) is 0 Å². The maximum absolute atomic E-state index is 9.39. The number of hydrogen-bond donors (Lipinski definition) is 1. The third kappa shape index (κ3) is 3.30. The number of fused-ring (bicyclic) bond motifs is 1. The average molecular weight is 347 g/mol. The first kappa shape index (κ1) is 17.0. The van der Waals surface area contributed by atoms with Gasteiger partial charge in [0.15, 0.2) is 0 Å². The molecule has 1 aliphatic heterocycles. The molecule has 0 unspecified atom stereocenters. The van der Waals surface area contributed by atoms with Crippen molar-refractivity contribution in [2.45, 2.75) is 13.5 Å². The third-order valence-electron chi connectivity index (χ3n) is 5.30. The summed E-state index contributed by atoms with van der Waals surface area (Å²) in [6, 6.07) is 16.9. The molecule has 1 N–H and O–H groups in total. The highest BCUT2D eigenvalue weighted by molar-refractivity contribution is 5.85. The van der Waals surface area contributed by atoms with E-state index < -0.39 is 0 Å². The monoisotopic (exact) mass is 347 g/mol. The summed E-state index contributed by atoms with van der Waals surface area (Å²) in [6.45, 7) is 6.53. The molecule has 3 aromatic rings. The SMILES string of the molecule is Cc1cc(-c2ccc(N3CCN(C)CC3)cc2)nc2cc(CO)ccc12. The minimum Gasteiger partial charge on any atom is -0.392 e. The van der Waals surface area contributed by atoms with E-state index in [0.29, 0.717) is 0 Å². The molecule has 0 aliphatic carbocycles. The number of benzene rings is 2. The molecule has 0 atom stereocenters. The molecule has 1 aromatic heterocycles. The fraction of sp³-hybridized carbons (Fsp3) is 0.318. The second-order valence-electron chi connectivity index (χ2n) is 7.17. The number of aryl methyl sites for hydroxylation is 1. The molecule has 0 radical (unpaired) electrons. The quantitative estimate of drug-likeness (QED) is 0.788. The van der Waals surface area contributed by atoms with Gasteiger partial charge in [-0.2, -0.15) is 0 Å². The van der Waals surface area contributed by atoms with Gasteiger partial charge in [-0.05, 0) is 49.4 Å². The predicted octanol–water partition coefficient (Wildman–Crippen LogP) is 3.45. The first-order valence-electron chi connectivity index (χ1n) is 9.19. The van der Waals surface area contributed by atoms with Crippen molar-refractivity contribution >= 4 is 16.6 Å². The molecule has 26 heavy (non-hydrogen) atoms. The van der Waals surface area contributed by atoms with Crippen LogP contribution in [0, 0.1) is 6.92 Å². The summed E-state index contributed by atoms with van der Waals surface area (Å²) in [6.07, 6.45) is 0. The number of pyridine rings is 1. The molecule has 0 saturated carbocycles. The van der Waals surface area contributed by atoms with Crippen molar-refractivity contribution in [2.75, 3.05) is 38.1 Å². The normalized spacial score (nSPS) is 15.6. The van der Waals surface area contributed by atoms with E-state index in [1.807, 2.05) is 18.2 Å². The lowest BCUT2D eigenvalue weighted by molar-refractivity contribution is 0.282. The maximum atomic E-state index is 9.39. The van der Waals surface area contributed by atoms with Gasteiger partial charge in [-0.1, -0.05) is 24.3 Å². The van der Waals surface area contributed by atoms with E-state index in [0.717, 1.165) is 53.9 Å². The summed E-state index contributed by atoms with van der Waals surface area (Å²) in [5.74, 6) is 0. The van der Waals surface area contributed by atoms with Crippen LogP contribution in [0.1, 0.15) is 11.1 Å². The molecule has 0 amide bonds. The van der Waals surface area contributed by atoms with Gasteiger partial charge in [0.05, 0.1) is 17.8 Å². The van der Waals surface area contributed by atoms with Gasteiger partial charge in [0.1, 0.15) is 0 Å². The van der Waals surface area contributed by atoms with E-state index in [1.165, 1.54) is 11.3 Å². The van der Waals surface area contributed by atoms with Crippen molar-refractivity contribution in [3.8, 4) is 11.3 Å². The van der Waals surface area contributed by atoms with Crippen LogP contribution in [0.2, 0.25) is 0 Å². The van der Waals surface area contributed by atoms with Crippen LogP contribution < -0.4 is 4.90 Å². The van der Waals surface area contributed by atoms with Crippen LogP contribution in [0.4, 0.5) is 5.69 Å². The fourth-order valence-corrected chi connectivity index (χ4v) is 3.60. The van der Waals surface area contributed by atoms with Gasteiger partial charge in [0, 0.05) is 42.8 Å². The second kappa shape index (κ2) is 7.06. The van der Waals surface area contributed by atoms with E-state index in [4.69, 9.17) is 4.98 Å². The Morgan fingerprint density at radius 2 is 1.69 bits per heavy atom. The van der Waals surface area contributed by atoms with Crippen molar-refractivity contribution < 1.29 is 5.11 Å². The van der Waals surface area contributed by atoms with Crippen LogP contribution in [-0.2, 0) is 6.61 Å². The summed E-state index contributed by atoms with van der Waals surface area (Å²) >= 11 is 0. The highest BCUT2D eigenvalue weighted by Gasteiger charge is 2.14. The Bertz CT molecular complexity index is 913. The molecule has 0 bridgehead atoms. The lowest BCUT2D eigenvalue weighted by atomic mass is 10.0. The van der Waals surface area contributed by atoms with Crippen LogP contribution in [0.5, 0.6) is 0 Å². The number of anilines is 1. The number of aromatic nitrogens is 1. The van der Waals surface area contributed by atoms with Crippen LogP contribution in [0.15, 0.2) is 48.5 Å². The van der Waals surface area contributed by atoms with Crippen molar-refractivity contribution in [2.24, 2.45) is 0 Å². The van der Waals surface area contributed by atoms with Crippen LogP contribution in [0.25, 0.3) is 22.2 Å². The summed E-state index contributed by atoms with van der Waals surface area (Å²) in [5.41, 5.74) is 6.43. The van der Waals surface area contributed by atoms with Crippen LogP contribution in [0.3, 0.4) is 0 Å². The number of rotatable bonds is 3. The number of nitrogens with zero attached hydrogens (tertiary/aromatic N) is 3. The second-order valence-corrected chi connectivity index (χ2v) is 7.17. The third-order valence-corrected chi connectivity index (χ3v) is 5.30. The molecule has 134 valence electrons. The van der Waals surface area contributed by atoms with Gasteiger partial charge in [-0.3, -0.25) is 0 Å². The van der Waals surface area contributed by atoms with Gasteiger partial charge in [0.2, 0.25) is 0 Å². The lowest BCUT2D eigenvalue weighted by Crippen LogP contribution is -2.44. The molecule has 4 rings (SSSR count). The topological polar surface area (TPSA) is 39.6 Å². The number of aliphatic hydroxyl groups excluding tert-OH is 1. The van der Waals surface area contributed by atoms with Gasteiger partial charge in [0.25, 0.3) is 0 Å². The smallest absolute Gasteiger partial charge is 0.0715 e. The standard InChI is InChI=1S/C22H25N3O/c1-16-13-21(23-22-14-17(15-26)3-8-20(16)22)18-4-6-19(7-5-18)25-11-9-24(2)10-12-25/h3-8,13-14,26H,9-12,15H2,1-2H3. The molecule has 4 nitrogen and oxygen atoms in total. The molecule has 1 saturated heterocycles. The molecule has 2 aromatic carbocycles. The predicted molar refractivity (Wildman–Crippen MR) is 108 cm³/mol. The Labute approximate surface area is 154 Å². The summed E-state index contributed by atoms with van der Waals surface area (Å²) in [7, 11) is 2.18. The summed E-state index contributed by atoms with van der Waals surface area (Å²) in [5, 5.41) is 10.5. The number of aliphatic hydroxyl groups is 1. The van der Waals surface area contributed by atoms with Crippen molar-refractivity contribution in [1.82, 2.24) is 9.88 Å². The molecule has 0 spiro atoms. The molecular formula is C22H25N3O. The van der Waals surface area contributed by atoms with E-state index in [2.05, 4.69) is 54.1 Å². The highest BCUT2D eigenvalue weighted by Crippen LogP contribution is 2.27. The zero-order valence-electron chi connectivity index (χ0n) is 15.4. The van der Waals surface area contributed by atoms with Crippen molar-refractivity contribution in [1.29, 1.82) is 0 Å². The van der Waals surface area contributed by atoms with Crippen molar-refractivity contribution in [3.63, 3.8) is 0 Å². The zero-order valence-corrected chi connectivity index (χ0v) is 15.4. The summed E-state index contributed by atoms with van der Waals surface area (Å²) in [4.78, 5) is 9.64. The van der Waals surface area contributed by atoms with Gasteiger partial charge in [-0.25, -0.2) is 4.98 Å². The Morgan fingerprint density at radius 1 is 0.962 bits per heavy atom. The fourth-order valence-electron chi connectivity index (χ4n) is 3.60. The van der Waals surface area contributed by atoms with Gasteiger partial charge in [-0.15, -0.1) is 0 Å². The average Bonchev–Trinajstić information content (AvgIpc) is 2.68. The van der Waals surface area contributed by atoms with Gasteiger partial charge < -0.3 is 14.9 Å². The van der Waals surface area contributed by atoms with Crippen molar-refractivity contribution in [3.05, 3.63) is 59.7 Å². The largest absolute Gasteiger partial charge is 0.392 e. The minimum atomic E-state index is 0.0423. The summed E-state index contributed by atoms with van der Waals surface area (Å²) < 4.78 is 0. The lowest BCUT2D eigenvalue weighted by Gasteiger charge is -2.34. The first-order chi connectivity index (χ1) is 12.6. The van der Waals surface area contributed by atoms with Gasteiger partial charge >= 0.3 is 0 Å². The van der Waals surface area contributed by atoms with Crippen LogP contribution in [-0.4, -0.2) is 48.2 Å². The van der Waals surface area contributed by atoms with E-state index in [-0.39, 0.29) is 6.61 Å². The Kier molecular flexibility index (Phi) is 4.62. The molecule has 1 fully saturated rings.